The first-order chi connectivity index (χ1) is 10.4. The number of rotatable bonds is 0. The molecule has 0 amide bonds. The summed E-state index contributed by atoms with van der Waals surface area (Å²) in [6.07, 6.45) is 0.819. The zero-order chi connectivity index (χ0) is 15.5. The average Bonchev–Trinajstić information content (AvgIpc) is 2.80. The summed E-state index contributed by atoms with van der Waals surface area (Å²) < 4.78 is 20.0. The van der Waals surface area contributed by atoms with Crippen LogP contribution in [-0.2, 0) is 6.42 Å². The second kappa shape index (κ2) is 4.45. The van der Waals surface area contributed by atoms with Crippen LogP contribution in [0.1, 0.15) is 37.5 Å². The van der Waals surface area contributed by atoms with Crippen molar-refractivity contribution >= 4 is 11.1 Å². The van der Waals surface area contributed by atoms with Crippen LogP contribution in [0.2, 0.25) is 0 Å². The molecule has 1 atom stereocenters. The van der Waals surface area contributed by atoms with Gasteiger partial charge in [0.05, 0.1) is 0 Å². The number of allylic oxidation sites excluding steroid dienone is 1. The lowest BCUT2D eigenvalue weighted by molar-refractivity contribution is 0.258. The van der Waals surface area contributed by atoms with Gasteiger partial charge >= 0.3 is 0 Å². The molecule has 22 heavy (non-hydrogen) atoms. The molecule has 4 rings (SSSR count). The molecule has 0 spiro atoms. The van der Waals surface area contributed by atoms with E-state index in [-0.39, 0.29) is 17.3 Å². The highest BCUT2D eigenvalue weighted by Gasteiger charge is 2.39. The molecule has 1 aliphatic heterocycles. The lowest BCUT2D eigenvalue weighted by Gasteiger charge is -2.34. The first-order valence-corrected chi connectivity index (χ1v) is 7.74. The summed E-state index contributed by atoms with van der Waals surface area (Å²) >= 11 is 0. The van der Waals surface area contributed by atoms with Gasteiger partial charge in [-0.05, 0) is 40.3 Å². The van der Waals surface area contributed by atoms with Crippen LogP contribution >= 0.6 is 0 Å². The molecule has 0 radical (unpaired) electrons. The molecule has 2 heteroatoms. The fourth-order valence-electron chi connectivity index (χ4n) is 3.73. The van der Waals surface area contributed by atoms with Crippen LogP contribution < -0.4 is 4.74 Å². The zero-order valence-electron chi connectivity index (χ0n) is 13.1. The highest BCUT2D eigenvalue weighted by atomic mass is 19.1. The van der Waals surface area contributed by atoms with Gasteiger partial charge in [-0.15, -0.1) is 0 Å². The highest BCUT2D eigenvalue weighted by Crippen LogP contribution is 2.51. The number of hydrogen-bond donors (Lipinski definition) is 0. The second-order valence-corrected chi connectivity index (χ2v) is 7.15. The number of hydrogen-bond acceptors (Lipinski definition) is 1. The summed E-state index contributed by atoms with van der Waals surface area (Å²) in [4.78, 5) is 0. The van der Waals surface area contributed by atoms with Crippen molar-refractivity contribution in [2.75, 3.05) is 0 Å². The summed E-state index contributed by atoms with van der Waals surface area (Å²) in [7, 11) is 0. The molecular formula is C20H19FO. The SMILES string of the molecule is CC(C)(C)C1=C2c3cc(F)ccc3CC2Oc2ccccc21. The largest absolute Gasteiger partial charge is 0.485 e. The predicted octanol–water partition coefficient (Wildman–Crippen LogP) is 5.10. The van der Waals surface area contributed by atoms with Crippen molar-refractivity contribution in [1.82, 2.24) is 0 Å². The summed E-state index contributed by atoms with van der Waals surface area (Å²) in [6.45, 7) is 6.64. The molecule has 2 aromatic carbocycles. The zero-order valence-corrected chi connectivity index (χ0v) is 13.1. The van der Waals surface area contributed by atoms with E-state index in [1.165, 1.54) is 16.7 Å². The number of benzene rings is 2. The molecule has 0 saturated carbocycles. The summed E-state index contributed by atoms with van der Waals surface area (Å²) in [5, 5.41) is 0. The third-order valence-electron chi connectivity index (χ3n) is 4.53. The molecule has 0 aromatic heterocycles. The van der Waals surface area contributed by atoms with Gasteiger partial charge in [0, 0.05) is 17.6 Å². The Hall–Kier alpha value is -2.09. The van der Waals surface area contributed by atoms with E-state index in [4.69, 9.17) is 4.74 Å². The Bertz CT molecular complexity index is 796. The maximum Gasteiger partial charge on any atom is 0.129 e. The summed E-state index contributed by atoms with van der Waals surface area (Å²) in [6, 6.07) is 13.3. The van der Waals surface area contributed by atoms with Gasteiger partial charge in [0.25, 0.3) is 0 Å². The molecule has 1 unspecified atom stereocenters. The minimum Gasteiger partial charge on any atom is -0.485 e. The monoisotopic (exact) mass is 294 g/mol. The van der Waals surface area contributed by atoms with Crippen molar-refractivity contribution in [3.8, 4) is 5.75 Å². The first kappa shape index (κ1) is 13.6. The Morgan fingerprint density at radius 2 is 1.82 bits per heavy atom. The van der Waals surface area contributed by atoms with Gasteiger partial charge in [-0.2, -0.15) is 0 Å². The number of para-hydroxylation sites is 1. The van der Waals surface area contributed by atoms with E-state index in [1.807, 2.05) is 24.3 Å². The molecule has 0 fully saturated rings. The standard InChI is InChI=1S/C20H19FO/c1-20(2,3)19-14-6-4-5-7-16(14)22-17-10-12-8-9-13(21)11-15(12)18(17)19/h4-9,11,17H,10H2,1-3H3. The summed E-state index contributed by atoms with van der Waals surface area (Å²) in [5.74, 6) is 0.758. The maximum absolute atomic E-state index is 13.8. The Labute approximate surface area is 130 Å². The fraction of sp³-hybridized carbons (Fsp3) is 0.300. The van der Waals surface area contributed by atoms with Gasteiger partial charge < -0.3 is 4.74 Å². The van der Waals surface area contributed by atoms with Gasteiger partial charge in [-0.1, -0.05) is 45.0 Å². The lowest BCUT2D eigenvalue weighted by Crippen LogP contribution is -2.25. The van der Waals surface area contributed by atoms with E-state index < -0.39 is 0 Å². The molecule has 1 aliphatic carbocycles. The van der Waals surface area contributed by atoms with Gasteiger partial charge in [0.2, 0.25) is 0 Å². The second-order valence-electron chi connectivity index (χ2n) is 7.15. The fourth-order valence-corrected chi connectivity index (χ4v) is 3.73. The molecule has 0 saturated heterocycles. The van der Waals surface area contributed by atoms with Gasteiger partial charge in [0.15, 0.2) is 0 Å². The molecular weight excluding hydrogens is 275 g/mol. The van der Waals surface area contributed by atoms with E-state index in [9.17, 15) is 4.39 Å². The Morgan fingerprint density at radius 1 is 1.05 bits per heavy atom. The smallest absolute Gasteiger partial charge is 0.129 e. The number of ether oxygens (including phenoxy) is 1. The van der Waals surface area contributed by atoms with Crippen LogP contribution in [0, 0.1) is 11.2 Å². The Kier molecular flexibility index (Phi) is 2.75. The van der Waals surface area contributed by atoms with E-state index in [0.717, 1.165) is 23.3 Å². The van der Waals surface area contributed by atoms with Crippen LogP contribution in [0.25, 0.3) is 11.1 Å². The van der Waals surface area contributed by atoms with Gasteiger partial charge in [0.1, 0.15) is 17.7 Å². The molecule has 0 N–H and O–H groups in total. The van der Waals surface area contributed by atoms with Crippen molar-refractivity contribution in [3.05, 3.63) is 65.0 Å². The topological polar surface area (TPSA) is 9.23 Å². The van der Waals surface area contributed by atoms with Crippen LogP contribution in [0.3, 0.4) is 0 Å². The van der Waals surface area contributed by atoms with Crippen LogP contribution in [0.4, 0.5) is 4.39 Å². The van der Waals surface area contributed by atoms with Crippen molar-refractivity contribution in [2.24, 2.45) is 5.41 Å². The van der Waals surface area contributed by atoms with E-state index in [1.54, 1.807) is 12.1 Å². The quantitative estimate of drug-likeness (QED) is 0.657. The Morgan fingerprint density at radius 3 is 2.59 bits per heavy atom. The van der Waals surface area contributed by atoms with Crippen LogP contribution in [0.15, 0.2) is 42.5 Å². The van der Waals surface area contributed by atoms with Gasteiger partial charge in [-0.25, -0.2) is 4.39 Å². The van der Waals surface area contributed by atoms with E-state index in [2.05, 4.69) is 26.8 Å². The maximum atomic E-state index is 13.8. The van der Waals surface area contributed by atoms with Crippen LogP contribution in [0.5, 0.6) is 5.75 Å². The molecule has 1 nitrogen and oxygen atoms in total. The first-order valence-electron chi connectivity index (χ1n) is 7.74. The van der Waals surface area contributed by atoms with Crippen molar-refractivity contribution in [2.45, 2.75) is 33.3 Å². The Balaban J connectivity index is 2.05. The van der Waals surface area contributed by atoms with Crippen molar-refractivity contribution < 1.29 is 9.13 Å². The molecule has 2 aliphatic rings. The third-order valence-corrected chi connectivity index (χ3v) is 4.53. The third kappa shape index (κ3) is 1.90. The lowest BCUT2D eigenvalue weighted by atomic mass is 9.76. The number of halogens is 1. The average molecular weight is 294 g/mol. The van der Waals surface area contributed by atoms with E-state index in [0.29, 0.717) is 0 Å². The van der Waals surface area contributed by atoms with E-state index >= 15 is 0 Å². The number of fused-ring (bicyclic) bond motifs is 4. The molecule has 0 bridgehead atoms. The van der Waals surface area contributed by atoms with Crippen molar-refractivity contribution in [3.63, 3.8) is 0 Å². The minimum absolute atomic E-state index is 0.000856. The molecule has 112 valence electrons. The molecule has 2 aromatic rings. The van der Waals surface area contributed by atoms with Crippen LogP contribution in [-0.4, -0.2) is 6.10 Å². The minimum atomic E-state index is -0.181. The summed E-state index contributed by atoms with van der Waals surface area (Å²) in [5.41, 5.74) is 5.75. The van der Waals surface area contributed by atoms with Crippen molar-refractivity contribution in [1.29, 1.82) is 0 Å². The predicted molar refractivity (Wildman–Crippen MR) is 87.2 cm³/mol. The normalized spacial score (nSPS) is 19.4. The van der Waals surface area contributed by atoms with Gasteiger partial charge in [-0.3, -0.25) is 0 Å². The molecule has 1 heterocycles. The highest BCUT2D eigenvalue weighted by molar-refractivity contribution is 6.00.